The zero-order valence-electron chi connectivity index (χ0n) is 10.8. The molecule has 0 saturated heterocycles. The highest BCUT2D eigenvalue weighted by atomic mass is 32.2. The van der Waals surface area contributed by atoms with E-state index in [1.54, 1.807) is 6.92 Å². The molecule has 21 heavy (non-hydrogen) atoms. The van der Waals surface area contributed by atoms with Crippen molar-refractivity contribution in [1.29, 1.82) is 5.26 Å². The molecular weight excluding hydrogens is 333 g/mol. The van der Waals surface area contributed by atoms with Gasteiger partial charge in [0.25, 0.3) is 10.0 Å². The largest absolute Gasteiger partial charge is 0.266 e. The molecule has 0 atom stereocenters. The Morgan fingerprint density at radius 2 is 2.19 bits per heavy atom. The van der Waals surface area contributed by atoms with Crippen LogP contribution in [0.3, 0.4) is 0 Å². The highest BCUT2D eigenvalue weighted by molar-refractivity contribution is 8.01. The molecule has 0 fully saturated rings. The second-order valence-corrected chi connectivity index (χ2v) is 7.77. The average molecular weight is 343 g/mol. The Kier molecular flexibility index (Phi) is 4.82. The van der Waals surface area contributed by atoms with Crippen LogP contribution in [0.4, 0.5) is 9.52 Å². The van der Waals surface area contributed by atoms with Crippen molar-refractivity contribution in [2.24, 2.45) is 0 Å². The summed E-state index contributed by atoms with van der Waals surface area (Å²) in [6, 6.07) is 7.11. The van der Waals surface area contributed by atoms with Gasteiger partial charge in [0.05, 0.1) is 21.7 Å². The third kappa shape index (κ3) is 3.72. The highest BCUT2D eigenvalue weighted by Gasteiger charge is 2.20. The van der Waals surface area contributed by atoms with Gasteiger partial charge in [-0.3, -0.25) is 4.72 Å². The van der Waals surface area contributed by atoms with E-state index in [-0.39, 0.29) is 10.9 Å². The number of hydrogen-bond acceptors (Lipinski definition) is 6. The molecule has 1 aromatic carbocycles. The summed E-state index contributed by atoms with van der Waals surface area (Å²) < 4.78 is 40.8. The summed E-state index contributed by atoms with van der Waals surface area (Å²) in [5.41, 5.74) is 0.631. The summed E-state index contributed by atoms with van der Waals surface area (Å²) in [6.07, 6.45) is 0. The van der Waals surface area contributed by atoms with Gasteiger partial charge >= 0.3 is 0 Å². The van der Waals surface area contributed by atoms with Crippen LogP contribution in [0.5, 0.6) is 0 Å². The molecule has 0 aliphatic carbocycles. The van der Waals surface area contributed by atoms with Crippen LogP contribution >= 0.6 is 23.1 Å². The normalized spacial score (nSPS) is 11.1. The number of thiazole rings is 1. The van der Waals surface area contributed by atoms with Gasteiger partial charge in [-0.05, 0) is 19.1 Å². The smallest absolute Gasteiger partial charge is 0.255 e. The van der Waals surface area contributed by atoms with E-state index in [0.717, 1.165) is 21.6 Å². The monoisotopic (exact) mass is 343 g/mol. The van der Waals surface area contributed by atoms with Crippen molar-refractivity contribution in [2.75, 3.05) is 10.5 Å². The molecule has 110 valence electrons. The number of nitrogens with zero attached hydrogens (tertiary/aromatic N) is 2. The molecule has 0 aliphatic rings. The van der Waals surface area contributed by atoms with E-state index in [4.69, 9.17) is 5.26 Å². The van der Waals surface area contributed by atoms with E-state index in [1.807, 2.05) is 6.07 Å². The van der Waals surface area contributed by atoms with E-state index >= 15 is 0 Å². The van der Waals surface area contributed by atoms with Crippen molar-refractivity contribution in [1.82, 2.24) is 4.98 Å². The topological polar surface area (TPSA) is 82.8 Å². The maximum absolute atomic E-state index is 13.6. The standard InChI is InChI=1S/C12H10FN3O2S3/c1-8-11(19-7-6-14)20-12(15-8)16-21(17,18)10-5-3-2-4-9(10)13/h2-5H,7H2,1H3,(H,15,16). The van der Waals surface area contributed by atoms with Gasteiger partial charge < -0.3 is 0 Å². The molecule has 1 heterocycles. The second-order valence-electron chi connectivity index (χ2n) is 3.87. The molecule has 1 aromatic heterocycles. The van der Waals surface area contributed by atoms with Crippen LogP contribution in [-0.4, -0.2) is 19.2 Å². The highest BCUT2D eigenvalue weighted by Crippen LogP contribution is 2.33. The van der Waals surface area contributed by atoms with Crippen LogP contribution < -0.4 is 4.72 Å². The summed E-state index contributed by atoms with van der Waals surface area (Å²) in [7, 11) is -4.02. The van der Waals surface area contributed by atoms with Gasteiger partial charge in [-0.1, -0.05) is 35.2 Å². The lowest BCUT2D eigenvalue weighted by molar-refractivity contribution is 0.570. The maximum Gasteiger partial charge on any atom is 0.266 e. The molecule has 0 amide bonds. The van der Waals surface area contributed by atoms with Crippen molar-refractivity contribution < 1.29 is 12.8 Å². The molecule has 2 aromatic rings. The minimum absolute atomic E-state index is 0.149. The Labute approximate surface area is 129 Å². The van der Waals surface area contributed by atoms with Crippen LogP contribution in [0.2, 0.25) is 0 Å². The summed E-state index contributed by atoms with van der Waals surface area (Å²) >= 11 is 2.39. The number of thioether (sulfide) groups is 1. The van der Waals surface area contributed by atoms with Crippen molar-refractivity contribution in [3.05, 3.63) is 35.8 Å². The van der Waals surface area contributed by atoms with E-state index < -0.39 is 20.7 Å². The van der Waals surface area contributed by atoms with Crippen molar-refractivity contribution in [3.63, 3.8) is 0 Å². The minimum Gasteiger partial charge on any atom is -0.255 e. The summed E-state index contributed by atoms with van der Waals surface area (Å²) in [4.78, 5) is 3.65. The molecular formula is C12H10FN3O2S3. The first kappa shape index (κ1) is 15.8. The maximum atomic E-state index is 13.6. The van der Waals surface area contributed by atoms with Gasteiger partial charge in [0, 0.05) is 0 Å². The zero-order chi connectivity index (χ0) is 15.5. The van der Waals surface area contributed by atoms with Crippen molar-refractivity contribution in [2.45, 2.75) is 16.0 Å². The molecule has 0 saturated carbocycles. The molecule has 0 spiro atoms. The van der Waals surface area contributed by atoms with E-state index in [0.29, 0.717) is 5.69 Å². The second kappa shape index (κ2) is 6.43. The number of rotatable bonds is 5. The first-order valence-electron chi connectivity index (χ1n) is 5.68. The summed E-state index contributed by atoms with van der Waals surface area (Å²) in [5.74, 6) is -0.569. The van der Waals surface area contributed by atoms with Crippen LogP contribution in [-0.2, 0) is 10.0 Å². The SMILES string of the molecule is Cc1nc(NS(=O)(=O)c2ccccc2F)sc1SCC#N. The van der Waals surface area contributed by atoms with Crippen LogP contribution in [0.1, 0.15) is 5.69 Å². The van der Waals surface area contributed by atoms with E-state index in [2.05, 4.69) is 9.71 Å². The molecule has 5 nitrogen and oxygen atoms in total. The Morgan fingerprint density at radius 1 is 1.48 bits per heavy atom. The lowest BCUT2D eigenvalue weighted by atomic mass is 10.4. The van der Waals surface area contributed by atoms with Gasteiger partial charge in [-0.25, -0.2) is 17.8 Å². The van der Waals surface area contributed by atoms with E-state index in [1.165, 1.54) is 30.0 Å². The minimum atomic E-state index is -4.02. The van der Waals surface area contributed by atoms with Gasteiger partial charge in [0.1, 0.15) is 10.7 Å². The lowest BCUT2D eigenvalue weighted by Crippen LogP contribution is -2.14. The predicted octanol–water partition coefficient (Wildman–Crippen LogP) is 3.01. The van der Waals surface area contributed by atoms with Crippen molar-refractivity contribution >= 4 is 38.3 Å². The molecule has 9 heteroatoms. The van der Waals surface area contributed by atoms with Crippen molar-refractivity contribution in [3.8, 4) is 6.07 Å². The summed E-state index contributed by atoms with van der Waals surface area (Å²) in [5, 5.41) is 8.70. The molecule has 1 N–H and O–H groups in total. The first-order chi connectivity index (χ1) is 9.94. The van der Waals surface area contributed by atoms with Gasteiger partial charge in [-0.2, -0.15) is 5.26 Å². The lowest BCUT2D eigenvalue weighted by Gasteiger charge is -2.05. The Bertz CT molecular complexity index is 796. The third-order valence-corrected chi connectivity index (χ3v) is 6.17. The molecule has 0 radical (unpaired) electrons. The number of anilines is 1. The fourth-order valence-electron chi connectivity index (χ4n) is 1.49. The summed E-state index contributed by atoms with van der Waals surface area (Å²) in [6.45, 7) is 1.72. The number of hydrogen-bond donors (Lipinski definition) is 1. The van der Waals surface area contributed by atoms with E-state index in [9.17, 15) is 12.8 Å². The number of nitrogens with one attached hydrogen (secondary N) is 1. The average Bonchev–Trinajstić information content (AvgIpc) is 2.76. The number of nitriles is 1. The first-order valence-corrected chi connectivity index (χ1v) is 8.97. The van der Waals surface area contributed by atoms with Gasteiger partial charge in [-0.15, -0.1) is 0 Å². The van der Waals surface area contributed by atoms with Gasteiger partial charge in [0.15, 0.2) is 5.13 Å². The van der Waals surface area contributed by atoms with Crippen LogP contribution in [0.25, 0.3) is 0 Å². The predicted molar refractivity (Wildman–Crippen MR) is 80.4 cm³/mol. The van der Waals surface area contributed by atoms with Gasteiger partial charge in [0.2, 0.25) is 0 Å². The molecule has 0 bridgehead atoms. The zero-order valence-corrected chi connectivity index (χ0v) is 13.3. The number of aryl methyl sites for hydroxylation is 1. The number of halogens is 1. The quantitative estimate of drug-likeness (QED) is 0.844. The molecule has 2 rings (SSSR count). The number of sulfonamides is 1. The Hall–Kier alpha value is -1.63. The van der Waals surface area contributed by atoms with Crippen LogP contribution in [0, 0.1) is 24.1 Å². The fraction of sp³-hybridized carbons (Fsp3) is 0.167. The number of benzene rings is 1. The van der Waals surface area contributed by atoms with Crippen LogP contribution in [0.15, 0.2) is 33.4 Å². The molecule has 0 aliphatic heterocycles. The fourth-order valence-corrected chi connectivity index (χ4v) is 4.61. The Morgan fingerprint density at radius 3 is 2.86 bits per heavy atom. The Balaban J connectivity index is 2.26. The third-order valence-electron chi connectivity index (χ3n) is 2.37. The number of aromatic nitrogens is 1. The molecule has 0 unspecified atom stereocenters.